The van der Waals surface area contributed by atoms with Crippen molar-refractivity contribution >= 4 is 11.9 Å². The van der Waals surface area contributed by atoms with Gasteiger partial charge in [0, 0.05) is 19.0 Å². The van der Waals surface area contributed by atoms with E-state index in [0.29, 0.717) is 13.0 Å². The molecule has 0 radical (unpaired) electrons. The van der Waals surface area contributed by atoms with Gasteiger partial charge >= 0.3 is 11.9 Å². The van der Waals surface area contributed by atoms with Gasteiger partial charge < -0.3 is 9.47 Å². The minimum Gasteiger partial charge on any atom is -0.460 e. The molecule has 1 aromatic heterocycles. The maximum Gasteiger partial charge on any atom is 0.359 e. The Morgan fingerprint density at radius 1 is 1.48 bits per heavy atom. The predicted octanol–water partition coefficient (Wildman–Crippen LogP) is 0.904. The van der Waals surface area contributed by atoms with Crippen LogP contribution in [0.1, 0.15) is 43.6 Å². The molecule has 7 nitrogen and oxygen atoms in total. The second-order valence-corrected chi connectivity index (χ2v) is 5.01. The molecule has 1 saturated heterocycles. The molecule has 1 fully saturated rings. The molecule has 0 bridgehead atoms. The first-order valence-corrected chi connectivity index (χ1v) is 7.01. The van der Waals surface area contributed by atoms with Gasteiger partial charge in [0.05, 0.1) is 0 Å². The molecule has 1 aliphatic rings. The third-order valence-corrected chi connectivity index (χ3v) is 3.17. The number of esters is 2. The summed E-state index contributed by atoms with van der Waals surface area (Å²) in [6.45, 7) is 4.17. The van der Waals surface area contributed by atoms with E-state index < -0.39 is 18.0 Å². The monoisotopic (exact) mass is 294 g/mol. The van der Waals surface area contributed by atoms with Gasteiger partial charge in [0.15, 0.2) is 5.69 Å². The van der Waals surface area contributed by atoms with Gasteiger partial charge in [-0.25, -0.2) is 14.3 Å². The third kappa shape index (κ3) is 3.68. The van der Waals surface area contributed by atoms with Crippen LogP contribution in [0.25, 0.3) is 0 Å². The van der Waals surface area contributed by atoms with Crippen LogP contribution in [0.3, 0.4) is 0 Å². The number of aromatic nitrogens is 2. The minimum atomic E-state index is -0.898. The minimum absolute atomic E-state index is 0.0121. The molecule has 0 spiro atoms. The van der Waals surface area contributed by atoms with Gasteiger partial charge in [-0.15, -0.1) is 0 Å². The molecular weight excluding hydrogens is 276 g/mol. The van der Waals surface area contributed by atoms with E-state index in [4.69, 9.17) is 9.47 Å². The van der Waals surface area contributed by atoms with E-state index >= 15 is 0 Å². The van der Waals surface area contributed by atoms with E-state index in [-0.39, 0.29) is 17.4 Å². The Balaban J connectivity index is 2.08. The van der Waals surface area contributed by atoms with Crippen LogP contribution in [-0.2, 0) is 20.8 Å². The fourth-order valence-corrected chi connectivity index (χ4v) is 2.03. The molecule has 0 saturated carbocycles. The molecule has 1 aliphatic heterocycles. The van der Waals surface area contributed by atoms with Crippen molar-refractivity contribution in [3.05, 3.63) is 28.2 Å². The number of nitrogens with zero attached hydrogens (tertiary/aromatic N) is 2. The smallest absolute Gasteiger partial charge is 0.359 e. The van der Waals surface area contributed by atoms with Crippen molar-refractivity contribution in [1.29, 1.82) is 0 Å². The lowest BCUT2D eigenvalue weighted by Gasteiger charge is -2.09. The zero-order valence-electron chi connectivity index (χ0n) is 12.1. The highest BCUT2D eigenvalue weighted by Gasteiger charge is 2.35. The molecule has 0 N–H and O–H groups in total. The van der Waals surface area contributed by atoms with Gasteiger partial charge in [0.25, 0.3) is 5.56 Å². The number of hydrogen-bond donors (Lipinski definition) is 0. The van der Waals surface area contributed by atoms with Crippen molar-refractivity contribution in [2.75, 3.05) is 0 Å². The number of ether oxygens (including phenoxy) is 2. The van der Waals surface area contributed by atoms with Crippen molar-refractivity contribution in [3.63, 3.8) is 0 Å². The quantitative estimate of drug-likeness (QED) is 0.750. The summed E-state index contributed by atoms with van der Waals surface area (Å²) < 4.78 is 11.2. The normalized spacial score (nSPS) is 21.1. The standard InChI is InChI=1S/C14H18N2O5/c1-3-4-7-16-12(17)6-5-10(15-16)13(18)21-11-8-9(2)20-14(11)19/h5-6,9,11H,3-4,7-8H2,1-2H3/t9-,11+/m1/s1. The van der Waals surface area contributed by atoms with Crippen molar-refractivity contribution in [2.45, 2.75) is 51.9 Å². The number of carbonyl (C=O) groups excluding carboxylic acids is 2. The Kier molecular flexibility index (Phi) is 4.72. The molecule has 114 valence electrons. The summed E-state index contributed by atoms with van der Waals surface area (Å²) in [4.78, 5) is 35.0. The van der Waals surface area contributed by atoms with Gasteiger partial charge in [-0.3, -0.25) is 4.79 Å². The van der Waals surface area contributed by atoms with Gasteiger partial charge in [0.1, 0.15) is 6.10 Å². The van der Waals surface area contributed by atoms with Crippen LogP contribution in [0, 0.1) is 0 Å². The number of rotatable bonds is 5. The lowest BCUT2D eigenvalue weighted by Crippen LogP contribution is -2.27. The summed E-state index contributed by atoms with van der Waals surface area (Å²) in [6, 6.07) is 2.58. The average molecular weight is 294 g/mol. The molecule has 0 aliphatic carbocycles. The van der Waals surface area contributed by atoms with E-state index in [2.05, 4.69) is 5.10 Å². The number of hydrogen-bond acceptors (Lipinski definition) is 6. The highest BCUT2D eigenvalue weighted by molar-refractivity contribution is 5.89. The Morgan fingerprint density at radius 3 is 2.86 bits per heavy atom. The lowest BCUT2D eigenvalue weighted by atomic mass is 10.2. The van der Waals surface area contributed by atoms with Crippen LogP contribution in [0.2, 0.25) is 0 Å². The second-order valence-electron chi connectivity index (χ2n) is 5.01. The van der Waals surface area contributed by atoms with E-state index in [9.17, 15) is 14.4 Å². The van der Waals surface area contributed by atoms with Gasteiger partial charge in [-0.2, -0.15) is 5.10 Å². The Morgan fingerprint density at radius 2 is 2.24 bits per heavy atom. The lowest BCUT2D eigenvalue weighted by molar-refractivity contribution is -0.147. The summed E-state index contributed by atoms with van der Waals surface area (Å²) in [6.07, 6.45) is 0.874. The molecule has 7 heteroatoms. The number of cyclic esters (lactones) is 1. The zero-order chi connectivity index (χ0) is 15.4. The Hall–Kier alpha value is -2.18. The van der Waals surface area contributed by atoms with Crippen molar-refractivity contribution in [2.24, 2.45) is 0 Å². The number of aryl methyl sites for hydroxylation is 1. The highest BCUT2D eigenvalue weighted by atomic mass is 16.6. The van der Waals surface area contributed by atoms with Crippen LogP contribution in [0.15, 0.2) is 16.9 Å². The maximum atomic E-state index is 12.0. The maximum absolute atomic E-state index is 12.0. The van der Waals surface area contributed by atoms with Crippen LogP contribution >= 0.6 is 0 Å². The molecule has 0 aromatic carbocycles. The van der Waals surface area contributed by atoms with Gasteiger partial charge in [-0.05, 0) is 19.4 Å². The molecule has 2 heterocycles. The third-order valence-electron chi connectivity index (χ3n) is 3.17. The zero-order valence-corrected chi connectivity index (χ0v) is 12.1. The van der Waals surface area contributed by atoms with Gasteiger partial charge in [0.2, 0.25) is 6.10 Å². The van der Waals surface area contributed by atoms with E-state index in [1.807, 2.05) is 6.92 Å². The Labute approximate surface area is 121 Å². The summed E-state index contributed by atoms with van der Waals surface area (Å²) in [5.74, 6) is -1.27. The first-order valence-electron chi connectivity index (χ1n) is 7.01. The molecule has 2 atom stereocenters. The topological polar surface area (TPSA) is 87.5 Å². The predicted molar refractivity (Wildman–Crippen MR) is 72.8 cm³/mol. The fraction of sp³-hybridized carbons (Fsp3) is 0.571. The first kappa shape index (κ1) is 15.2. The Bertz CT molecular complexity index is 595. The molecular formula is C14H18N2O5. The molecule has 2 rings (SSSR count). The molecule has 21 heavy (non-hydrogen) atoms. The first-order chi connectivity index (χ1) is 10.0. The number of carbonyl (C=O) groups is 2. The fourth-order valence-electron chi connectivity index (χ4n) is 2.03. The van der Waals surface area contributed by atoms with Crippen LogP contribution in [-0.4, -0.2) is 33.9 Å². The van der Waals surface area contributed by atoms with E-state index in [0.717, 1.165) is 12.8 Å². The molecule has 1 aromatic rings. The highest BCUT2D eigenvalue weighted by Crippen LogP contribution is 2.18. The average Bonchev–Trinajstić information content (AvgIpc) is 2.76. The second kappa shape index (κ2) is 6.51. The van der Waals surface area contributed by atoms with Crippen molar-refractivity contribution < 1.29 is 19.1 Å². The number of unbranched alkanes of at least 4 members (excludes halogenated alkanes) is 1. The molecule has 0 amide bonds. The van der Waals surface area contributed by atoms with Crippen molar-refractivity contribution in [1.82, 2.24) is 9.78 Å². The summed E-state index contributed by atoms with van der Waals surface area (Å²) in [5, 5.41) is 3.97. The van der Waals surface area contributed by atoms with E-state index in [1.54, 1.807) is 6.92 Å². The van der Waals surface area contributed by atoms with Crippen LogP contribution in [0.4, 0.5) is 0 Å². The van der Waals surface area contributed by atoms with Crippen LogP contribution < -0.4 is 5.56 Å². The van der Waals surface area contributed by atoms with Crippen LogP contribution in [0.5, 0.6) is 0 Å². The summed E-state index contributed by atoms with van der Waals surface area (Å²) in [5.41, 5.74) is -0.257. The summed E-state index contributed by atoms with van der Waals surface area (Å²) >= 11 is 0. The molecule has 0 unspecified atom stereocenters. The summed E-state index contributed by atoms with van der Waals surface area (Å²) in [7, 11) is 0. The van der Waals surface area contributed by atoms with Gasteiger partial charge in [-0.1, -0.05) is 13.3 Å². The van der Waals surface area contributed by atoms with Crippen molar-refractivity contribution in [3.8, 4) is 0 Å². The van der Waals surface area contributed by atoms with E-state index in [1.165, 1.54) is 16.8 Å². The largest absolute Gasteiger partial charge is 0.460 e. The SMILES string of the molecule is CCCCn1nc(C(=O)O[C@H]2C[C@@H](C)OC2=O)ccc1=O.